The summed E-state index contributed by atoms with van der Waals surface area (Å²) in [4.78, 5) is 0. The van der Waals surface area contributed by atoms with Gasteiger partial charge >= 0.3 is 0 Å². The molecule has 0 atom stereocenters. The Morgan fingerprint density at radius 3 is 2.67 bits per heavy atom. The van der Waals surface area contributed by atoms with Gasteiger partial charge in [0.1, 0.15) is 5.75 Å². The van der Waals surface area contributed by atoms with Crippen LogP contribution in [0.15, 0.2) is 18.2 Å². The molecule has 0 saturated heterocycles. The molecule has 84 valence electrons. The molecule has 2 N–H and O–H groups in total. The van der Waals surface area contributed by atoms with E-state index in [0.717, 1.165) is 31.6 Å². The number of rotatable bonds is 6. The highest BCUT2D eigenvalue weighted by Gasteiger charge is 2.02. The smallest absolute Gasteiger partial charge is 0.122 e. The molecule has 2 heteroatoms. The zero-order chi connectivity index (χ0) is 11.1. The molecular weight excluding hydrogens is 186 g/mol. The van der Waals surface area contributed by atoms with Crippen LogP contribution in [-0.4, -0.2) is 13.7 Å². The molecule has 0 spiro atoms. The molecule has 0 saturated carbocycles. The van der Waals surface area contributed by atoms with Crippen molar-refractivity contribution >= 4 is 0 Å². The summed E-state index contributed by atoms with van der Waals surface area (Å²) in [6, 6.07) is 6.46. The van der Waals surface area contributed by atoms with Gasteiger partial charge in [0.05, 0.1) is 7.11 Å². The Hall–Kier alpha value is -1.02. The van der Waals surface area contributed by atoms with Crippen LogP contribution in [0.1, 0.15) is 30.9 Å². The van der Waals surface area contributed by atoms with E-state index < -0.39 is 0 Å². The zero-order valence-electron chi connectivity index (χ0n) is 9.75. The van der Waals surface area contributed by atoms with Gasteiger partial charge in [0, 0.05) is 0 Å². The molecule has 2 nitrogen and oxygen atoms in total. The van der Waals surface area contributed by atoms with Crippen molar-refractivity contribution in [1.29, 1.82) is 0 Å². The van der Waals surface area contributed by atoms with Crippen LogP contribution < -0.4 is 10.5 Å². The lowest BCUT2D eigenvalue weighted by Crippen LogP contribution is -1.99. The first-order valence-electron chi connectivity index (χ1n) is 5.67. The van der Waals surface area contributed by atoms with Crippen molar-refractivity contribution in [2.24, 2.45) is 5.73 Å². The fraction of sp³-hybridized carbons (Fsp3) is 0.538. The van der Waals surface area contributed by atoms with E-state index in [4.69, 9.17) is 10.5 Å². The Kier molecular flexibility index (Phi) is 5.19. The van der Waals surface area contributed by atoms with Gasteiger partial charge in [0.15, 0.2) is 0 Å². The second kappa shape index (κ2) is 6.46. The first kappa shape index (κ1) is 12.1. The summed E-state index contributed by atoms with van der Waals surface area (Å²) >= 11 is 0. The standard InChI is InChI=1S/C13H21NO/c1-3-12-10-11(6-4-5-9-14)7-8-13(12)15-2/h7-8,10H,3-6,9,14H2,1-2H3. The third-order valence-electron chi connectivity index (χ3n) is 2.65. The number of ether oxygens (including phenoxy) is 1. The van der Waals surface area contributed by atoms with E-state index in [-0.39, 0.29) is 0 Å². The van der Waals surface area contributed by atoms with Gasteiger partial charge in [-0.15, -0.1) is 0 Å². The summed E-state index contributed by atoms with van der Waals surface area (Å²) in [5, 5.41) is 0. The minimum absolute atomic E-state index is 0.788. The van der Waals surface area contributed by atoms with Crippen molar-refractivity contribution in [1.82, 2.24) is 0 Å². The maximum absolute atomic E-state index is 5.47. The predicted molar refractivity (Wildman–Crippen MR) is 64.4 cm³/mol. The first-order valence-corrected chi connectivity index (χ1v) is 5.67. The van der Waals surface area contributed by atoms with Gasteiger partial charge in [-0.2, -0.15) is 0 Å². The Morgan fingerprint density at radius 2 is 2.07 bits per heavy atom. The quantitative estimate of drug-likeness (QED) is 0.727. The molecule has 0 aromatic heterocycles. The number of aryl methyl sites for hydroxylation is 2. The second-order valence-corrected chi connectivity index (χ2v) is 3.75. The highest BCUT2D eigenvalue weighted by atomic mass is 16.5. The molecular formula is C13H21NO. The van der Waals surface area contributed by atoms with Crippen molar-refractivity contribution in [2.45, 2.75) is 32.6 Å². The maximum Gasteiger partial charge on any atom is 0.122 e. The van der Waals surface area contributed by atoms with Crippen LogP contribution >= 0.6 is 0 Å². The van der Waals surface area contributed by atoms with E-state index in [1.165, 1.54) is 17.5 Å². The lowest BCUT2D eigenvalue weighted by Gasteiger charge is -2.09. The minimum atomic E-state index is 0.788. The van der Waals surface area contributed by atoms with Gasteiger partial charge in [0.2, 0.25) is 0 Å². The topological polar surface area (TPSA) is 35.2 Å². The van der Waals surface area contributed by atoms with Crippen molar-refractivity contribution in [3.8, 4) is 5.75 Å². The third-order valence-corrected chi connectivity index (χ3v) is 2.65. The number of hydrogen-bond acceptors (Lipinski definition) is 2. The van der Waals surface area contributed by atoms with Crippen LogP contribution in [0.3, 0.4) is 0 Å². The van der Waals surface area contributed by atoms with E-state index in [1.807, 2.05) is 0 Å². The molecule has 1 aromatic carbocycles. The summed E-state index contributed by atoms with van der Waals surface area (Å²) in [6.07, 6.45) is 4.42. The summed E-state index contributed by atoms with van der Waals surface area (Å²) < 4.78 is 5.30. The van der Waals surface area contributed by atoms with Gasteiger partial charge in [-0.3, -0.25) is 0 Å². The summed E-state index contributed by atoms with van der Waals surface area (Å²) in [5.41, 5.74) is 8.16. The van der Waals surface area contributed by atoms with Crippen LogP contribution in [0.2, 0.25) is 0 Å². The second-order valence-electron chi connectivity index (χ2n) is 3.75. The molecule has 1 aromatic rings. The predicted octanol–water partition coefficient (Wildman–Crippen LogP) is 2.54. The fourth-order valence-corrected chi connectivity index (χ4v) is 1.74. The van der Waals surface area contributed by atoms with Gasteiger partial charge in [-0.25, -0.2) is 0 Å². The number of methoxy groups -OCH3 is 1. The lowest BCUT2D eigenvalue weighted by atomic mass is 10.0. The summed E-state index contributed by atoms with van der Waals surface area (Å²) in [6.45, 7) is 2.94. The third kappa shape index (κ3) is 3.56. The fourth-order valence-electron chi connectivity index (χ4n) is 1.74. The van der Waals surface area contributed by atoms with Crippen LogP contribution in [0, 0.1) is 0 Å². The van der Waals surface area contributed by atoms with Gasteiger partial charge < -0.3 is 10.5 Å². The average Bonchev–Trinajstić information content (AvgIpc) is 2.29. The molecule has 0 heterocycles. The van der Waals surface area contributed by atoms with Crippen molar-refractivity contribution in [3.63, 3.8) is 0 Å². The van der Waals surface area contributed by atoms with E-state index >= 15 is 0 Å². The van der Waals surface area contributed by atoms with Crippen LogP contribution in [0.5, 0.6) is 5.75 Å². The van der Waals surface area contributed by atoms with Crippen LogP contribution in [-0.2, 0) is 12.8 Å². The van der Waals surface area contributed by atoms with Crippen molar-refractivity contribution < 1.29 is 4.74 Å². The molecule has 0 aliphatic rings. The monoisotopic (exact) mass is 207 g/mol. The summed E-state index contributed by atoms with van der Waals surface area (Å²) in [5.74, 6) is 1.00. The number of unbranched alkanes of at least 4 members (excludes halogenated alkanes) is 1. The lowest BCUT2D eigenvalue weighted by molar-refractivity contribution is 0.410. The number of nitrogens with two attached hydrogens (primary N) is 1. The summed E-state index contributed by atoms with van der Waals surface area (Å²) in [7, 11) is 1.72. The van der Waals surface area contributed by atoms with Crippen molar-refractivity contribution in [2.75, 3.05) is 13.7 Å². The largest absolute Gasteiger partial charge is 0.496 e. The van der Waals surface area contributed by atoms with E-state index in [1.54, 1.807) is 7.11 Å². The van der Waals surface area contributed by atoms with E-state index in [0.29, 0.717) is 0 Å². The van der Waals surface area contributed by atoms with Gasteiger partial charge in [-0.05, 0) is 49.4 Å². The zero-order valence-corrected chi connectivity index (χ0v) is 9.75. The maximum atomic E-state index is 5.47. The van der Waals surface area contributed by atoms with Crippen LogP contribution in [0.4, 0.5) is 0 Å². The highest BCUT2D eigenvalue weighted by Crippen LogP contribution is 2.21. The van der Waals surface area contributed by atoms with Crippen LogP contribution in [0.25, 0.3) is 0 Å². The van der Waals surface area contributed by atoms with E-state index in [2.05, 4.69) is 25.1 Å². The molecule has 0 aliphatic heterocycles. The molecule has 0 aliphatic carbocycles. The van der Waals surface area contributed by atoms with Gasteiger partial charge in [0.25, 0.3) is 0 Å². The minimum Gasteiger partial charge on any atom is -0.496 e. The molecule has 0 amide bonds. The Morgan fingerprint density at radius 1 is 1.27 bits per heavy atom. The number of hydrogen-bond donors (Lipinski definition) is 1. The highest BCUT2D eigenvalue weighted by molar-refractivity contribution is 5.37. The molecule has 0 unspecified atom stereocenters. The molecule has 0 fully saturated rings. The van der Waals surface area contributed by atoms with E-state index in [9.17, 15) is 0 Å². The average molecular weight is 207 g/mol. The molecule has 15 heavy (non-hydrogen) atoms. The Balaban J connectivity index is 2.66. The Labute approximate surface area is 92.4 Å². The number of benzene rings is 1. The molecule has 0 radical (unpaired) electrons. The normalized spacial score (nSPS) is 10.3. The first-order chi connectivity index (χ1) is 7.31. The van der Waals surface area contributed by atoms with Gasteiger partial charge in [-0.1, -0.05) is 19.1 Å². The van der Waals surface area contributed by atoms with Crippen molar-refractivity contribution in [3.05, 3.63) is 29.3 Å². The molecule has 0 bridgehead atoms. The SMILES string of the molecule is CCc1cc(CCCCN)ccc1OC. The Bertz CT molecular complexity index is 297. The molecule has 1 rings (SSSR count).